The Hall–Kier alpha value is -1.25. The number of ether oxygens (including phenoxy) is 1. The number of carbonyl (C=O) groups is 1. The molecule has 0 radical (unpaired) electrons. The van der Waals surface area contributed by atoms with Crippen LogP contribution in [0.25, 0.3) is 0 Å². The SMILES string of the molecule is Cc1nsc(NC(=O)NCC2(N3CCOCC3)CCCCCC2)n1. The smallest absolute Gasteiger partial charge is 0.321 e. The number of carbonyl (C=O) groups excluding carboxylic acids is 1. The molecule has 0 atom stereocenters. The highest BCUT2D eigenvalue weighted by Crippen LogP contribution is 2.32. The molecule has 8 heteroatoms. The van der Waals surface area contributed by atoms with E-state index in [4.69, 9.17) is 4.74 Å². The van der Waals surface area contributed by atoms with Crippen LogP contribution in [0.3, 0.4) is 0 Å². The van der Waals surface area contributed by atoms with E-state index >= 15 is 0 Å². The van der Waals surface area contributed by atoms with Gasteiger partial charge in [-0.1, -0.05) is 25.7 Å². The average Bonchev–Trinajstić information content (AvgIpc) is 2.86. The second-order valence-electron chi connectivity index (χ2n) is 6.69. The fourth-order valence-corrected chi connectivity index (χ4v) is 4.33. The van der Waals surface area contributed by atoms with E-state index in [1.54, 1.807) is 0 Å². The minimum Gasteiger partial charge on any atom is -0.379 e. The summed E-state index contributed by atoms with van der Waals surface area (Å²) in [6.45, 7) is 5.99. The summed E-state index contributed by atoms with van der Waals surface area (Å²) in [6, 6.07) is -0.192. The van der Waals surface area contributed by atoms with Gasteiger partial charge in [0, 0.05) is 36.7 Å². The van der Waals surface area contributed by atoms with Gasteiger partial charge in [0.2, 0.25) is 5.13 Å². The Morgan fingerprint density at radius 2 is 1.96 bits per heavy atom. The maximum atomic E-state index is 12.2. The van der Waals surface area contributed by atoms with Crippen molar-refractivity contribution in [1.29, 1.82) is 0 Å². The summed E-state index contributed by atoms with van der Waals surface area (Å²) in [5.41, 5.74) is 0.0642. The molecule has 1 aliphatic carbocycles. The molecule has 0 aromatic carbocycles. The number of hydrogen-bond donors (Lipinski definition) is 2. The van der Waals surface area contributed by atoms with Crippen LogP contribution in [0.4, 0.5) is 9.93 Å². The second kappa shape index (κ2) is 8.22. The van der Waals surface area contributed by atoms with Crippen molar-refractivity contribution in [3.8, 4) is 0 Å². The number of aromatic nitrogens is 2. The van der Waals surface area contributed by atoms with Crippen LogP contribution in [0.15, 0.2) is 0 Å². The Balaban J connectivity index is 1.61. The van der Waals surface area contributed by atoms with E-state index in [-0.39, 0.29) is 11.6 Å². The van der Waals surface area contributed by atoms with E-state index in [1.807, 2.05) is 6.92 Å². The van der Waals surface area contributed by atoms with Crippen LogP contribution in [-0.4, -0.2) is 58.7 Å². The van der Waals surface area contributed by atoms with Crippen molar-refractivity contribution in [2.45, 2.75) is 51.0 Å². The van der Waals surface area contributed by atoms with E-state index in [0.717, 1.165) is 39.1 Å². The van der Waals surface area contributed by atoms with Gasteiger partial charge in [-0.05, 0) is 19.8 Å². The van der Waals surface area contributed by atoms with E-state index in [0.29, 0.717) is 17.5 Å². The topological polar surface area (TPSA) is 79.4 Å². The van der Waals surface area contributed by atoms with E-state index in [2.05, 4.69) is 24.9 Å². The largest absolute Gasteiger partial charge is 0.379 e. The number of morpholine rings is 1. The fraction of sp³-hybridized carbons (Fsp3) is 0.812. The molecule has 0 bridgehead atoms. The first kappa shape index (κ1) is 17.6. The van der Waals surface area contributed by atoms with Crippen molar-refractivity contribution in [2.75, 3.05) is 38.2 Å². The molecule has 2 heterocycles. The first-order valence-electron chi connectivity index (χ1n) is 8.86. The van der Waals surface area contributed by atoms with Gasteiger partial charge in [0.05, 0.1) is 13.2 Å². The van der Waals surface area contributed by atoms with E-state index < -0.39 is 0 Å². The molecular weight excluding hydrogens is 326 g/mol. The average molecular weight is 353 g/mol. The number of nitrogens with one attached hydrogen (secondary N) is 2. The minimum absolute atomic E-state index is 0.0642. The molecule has 1 aromatic heterocycles. The van der Waals surface area contributed by atoms with E-state index in [1.165, 1.54) is 37.2 Å². The van der Waals surface area contributed by atoms with Gasteiger partial charge in [-0.15, -0.1) is 0 Å². The number of urea groups is 1. The Morgan fingerprint density at radius 1 is 1.25 bits per heavy atom. The maximum absolute atomic E-state index is 12.2. The number of aryl methyl sites for hydroxylation is 1. The van der Waals surface area contributed by atoms with Crippen LogP contribution < -0.4 is 10.6 Å². The van der Waals surface area contributed by atoms with Gasteiger partial charge in [-0.25, -0.2) is 9.78 Å². The molecule has 1 aliphatic heterocycles. The highest BCUT2D eigenvalue weighted by Gasteiger charge is 2.38. The lowest BCUT2D eigenvalue weighted by Gasteiger charge is -2.45. The quantitative estimate of drug-likeness (QED) is 0.813. The van der Waals surface area contributed by atoms with Gasteiger partial charge in [0.1, 0.15) is 5.82 Å². The third-order valence-electron chi connectivity index (χ3n) is 5.04. The number of amides is 2. The van der Waals surface area contributed by atoms with Gasteiger partial charge in [-0.3, -0.25) is 10.2 Å². The molecule has 3 rings (SSSR count). The van der Waals surface area contributed by atoms with Crippen molar-refractivity contribution in [2.24, 2.45) is 0 Å². The van der Waals surface area contributed by atoms with Crippen LogP contribution in [-0.2, 0) is 4.74 Å². The van der Waals surface area contributed by atoms with Crippen LogP contribution in [0.5, 0.6) is 0 Å². The predicted octanol–water partition coefficient (Wildman–Crippen LogP) is 2.39. The summed E-state index contributed by atoms with van der Waals surface area (Å²) < 4.78 is 9.60. The summed E-state index contributed by atoms with van der Waals surface area (Å²) in [5, 5.41) is 6.42. The minimum atomic E-state index is -0.192. The first-order valence-corrected chi connectivity index (χ1v) is 9.63. The van der Waals surface area contributed by atoms with Crippen molar-refractivity contribution >= 4 is 22.7 Å². The zero-order valence-corrected chi connectivity index (χ0v) is 15.2. The predicted molar refractivity (Wildman–Crippen MR) is 94.5 cm³/mol. The van der Waals surface area contributed by atoms with Crippen molar-refractivity contribution in [1.82, 2.24) is 19.6 Å². The number of nitrogens with zero attached hydrogens (tertiary/aromatic N) is 3. The van der Waals surface area contributed by atoms with Gasteiger partial charge in [0.25, 0.3) is 0 Å². The van der Waals surface area contributed by atoms with E-state index in [9.17, 15) is 4.79 Å². The van der Waals surface area contributed by atoms with Gasteiger partial charge >= 0.3 is 6.03 Å². The third-order valence-corrected chi connectivity index (χ3v) is 5.76. The highest BCUT2D eigenvalue weighted by molar-refractivity contribution is 7.09. The molecule has 2 fully saturated rings. The molecule has 2 aliphatic rings. The zero-order valence-electron chi connectivity index (χ0n) is 14.3. The fourth-order valence-electron chi connectivity index (χ4n) is 3.76. The Labute approximate surface area is 147 Å². The molecule has 2 N–H and O–H groups in total. The van der Waals surface area contributed by atoms with Crippen molar-refractivity contribution in [3.63, 3.8) is 0 Å². The lowest BCUT2D eigenvalue weighted by atomic mass is 9.87. The lowest BCUT2D eigenvalue weighted by Crippen LogP contribution is -2.59. The molecule has 2 amide bonds. The molecule has 24 heavy (non-hydrogen) atoms. The van der Waals surface area contributed by atoms with Crippen LogP contribution in [0.1, 0.15) is 44.3 Å². The monoisotopic (exact) mass is 353 g/mol. The molecule has 1 aromatic rings. The zero-order chi connectivity index (χ0) is 16.8. The molecule has 0 spiro atoms. The molecule has 0 unspecified atom stereocenters. The standard InChI is InChI=1S/C16H27N5O2S/c1-13-18-15(24-20-13)19-14(22)17-12-16(6-4-2-3-5-7-16)21-8-10-23-11-9-21/h2-12H2,1H3,(H2,17,18,19,20,22). The molecule has 7 nitrogen and oxygen atoms in total. The molecule has 134 valence electrons. The summed E-state index contributed by atoms with van der Waals surface area (Å²) in [4.78, 5) is 19.0. The number of hydrogen-bond acceptors (Lipinski definition) is 6. The summed E-state index contributed by atoms with van der Waals surface area (Å²) in [7, 11) is 0. The van der Waals surface area contributed by atoms with Crippen LogP contribution in [0, 0.1) is 6.92 Å². The second-order valence-corrected chi connectivity index (χ2v) is 7.44. The van der Waals surface area contributed by atoms with Gasteiger partial charge in [-0.2, -0.15) is 4.37 Å². The number of rotatable bonds is 4. The Kier molecular flexibility index (Phi) is 6.02. The third kappa shape index (κ3) is 4.43. The molecule has 1 saturated carbocycles. The number of anilines is 1. The van der Waals surface area contributed by atoms with Crippen molar-refractivity contribution in [3.05, 3.63) is 5.82 Å². The molecule has 1 saturated heterocycles. The van der Waals surface area contributed by atoms with Crippen molar-refractivity contribution < 1.29 is 9.53 Å². The van der Waals surface area contributed by atoms with Gasteiger partial charge < -0.3 is 10.1 Å². The summed E-state index contributed by atoms with van der Waals surface area (Å²) in [6.07, 6.45) is 7.34. The first-order chi connectivity index (χ1) is 11.7. The Morgan fingerprint density at radius 3 is 2.58 bits per heavy atom. The van der Waals surface area contributed by atoms with Crippen LogP contribution >= 0.6 is 11.5 Å². The summed E-state index contributed by atoms with van der Waals surface area (Å²) >= 11 is 1.21. The normalized spacial score (nSPS) is 21.9. The maximum Gasteiger partial charge on any atom is 0.321 e. The lowest BCUT2D eigenvalue weighted by molar-refractivity contribution is -0.0275. The van der Waals surface area contributed by atoms with Crippen LogP contribution in [0.2, 0.25) is 0 Å². The Bertz CT molecular complexity index is 536. The highest BCUT2D eigenvalue weighted by atomic mass is 32.1. The van der Waals surface area contributed by atoms with Gasteiger partial charge in [0.15, 0.2) is 0 Å². The molecular formula is C16H27N5O2S. The summed E-state index contributed by atoms with van der Waals surface area (Å²) in [5.74, 6) is 0.684.